The van der Waals surface area contributed by atoms with Gasteiger partial charge in [0.25, 0.3) is 5.89 Å². The second-order valence-corrected chi connectivity index (χ2v) is 5.45. The number of aromatic nitrogens is 3. The van der Waals surface area contributed by atoms with E-state index in [4.69, 9.17) is 9.15 Å². The number of nitrogens with zero attached hydrogens (tertiary/aromatic N) is 3. The molecule has 0 bridgehead atoms. The standard InChI is InChI=1S/C18H20N4O2/c1-13-6-8-14(9-7-13)17-21-22-18(24-17)15-5-3-10-19-16(15)20-11-4-12-23-2/h3,5-10H,4,11-12H2,1-2H3,(H,19,20). The second-order valence-electron chi connectivity index (χ2n) is 5.45. The molecular weight excluding hydrogens is 304 g/mol. The van der Waals surface area contributed by atoms with E-state index in [9.17, 15) is 0 Å². The zero-order valence-electron chi connectivity index (χ0n) is 13.8. The summed E-state index contributed by atoms with van der Waals surface area (Å²) in [5.41, 5.74) is 2.88. The number of anilines is 1. The van der Waals surface area contributed by atoms with E-state index in [1.807, 2.05) is 43.3 Å². The van der Waals surface area contributed by atoms with Crippen LogP contribution in [0.3, 0.4) is 0 Å². The van der Waals surface area contributed by atoms with Gasteiger partial charge in [-0.25, -0.2) is 4.98 Å². The van der Waals surface area contributed by atoms with Gasteiger partial charge in [0.05, 0.1) is 5.56 Å². The lowest BCUT2D eigenvalue weighted by Crippen LogP contribution is -2.07. The van der Waals surface area contributed by atoms with Crippen LogP contribution in [-0.2, 0) is 4.74 Å². The van der Waals surface area contributed by atoms with Crippen molar-refractivity contribution in [1.82, 2.24) is 15.2 Å². The molecule has 6 heteroatoms. The van der Waals surface area contributed by atoms with E-state index in [0.717, 1.165) is 29.9 Å². The summed E-state index contributed by atoms with van der Waals surface area (Å²) in [6.07, 6.45) is 2.63. The minimum Gasteiger partial charge on any atom is -0.416 e. The summed E-state index contributed by atoms with van der Waals surface area (Å²) in [5, 5.41) is 11.6. The van der Waals surface area contributed by atoms with Crippen molar-refractivity contribution < 1.29 is 9.15 Å². The summed E-state index contributed by atoms with van der Waals surface area (Å²) in [6, 6.07) is 11.8. The molecule has 3 aromatic rings. The largest absolute Gasteiger partial charge is 0.416 e. The Morgan fingerprint density at radius 1 is 1.08 bits per heavy atom. The molecule has 0 saturated heterocycles. The van der Waals surface area contributed by atoms with Crippen molar-refractivity contribution in [3.63, 3.8) is 0 Å². The van der Waals surface area contributed by atoms with Crippen molar-refractivity contribution in [3.8, 4) is 22.9 Å². The Balaban J connectivity index is 1.81. The van der Waals surface area contributed by atoms with Crippen LogP contribution in [0.2, 0.25) is 0 Å². The van der Waals surface area contributed by atoms with E-state index in [1.54, 1.807) is 13.3 Å². The molecule has 0 aliphatic rings. The first-order chi connectivity index (χ1) is 11.8. The molecule has 1 N–H and O–H groups in total. The molecule has 124 valence electrons. The Bertz CT molecular complexity index is 784. The van der Waals surface area contributed by atoms with Crippen LogP contribution in [0.15, 0.2) is 47.0 Å². The Morgan fingerprint density at radius 2 is 1.88 bits per heavy atom. The zero-order valence-corrected chi connectivity index (χ0v) is 13.8. The maximum atomic E-state index is 5.84. The molecule has 0 atom stereocenters. The molecule has 0 aliphatic heterocycles. The van der Waals surface area contributed by atoms with Crippen LogP contribution in [-0.4, -0.2) is 35.4 Å². The number of aryl methyl sites for hydroxylation is 1. The highest BCUT2D eigenvalue weighted by Crippen LogP contribution is 2.28. The highest BCUT2D eigenvalue weighted by atomic mass is 16.5. The van der Waals surface area contributed by atoms with Crippen molar-refractivity contribution >= 4 is 5.82 Å². The number of hydrogen-bond donors (Lipinski definition) is 1. The van der Waals surface area contributed by atoms with Crippen LogP contribution in [0.4, 0.5) is 5.82 Å². The van der Waals surface area contributed by atoms with Crippen molar-refractivity contribution in [2.75, 3.05) is 25.6 Å². The molecule has 6 nitrogen and oxygen atoms in total. The molecule has 1 aromatic carbocycles. The van der Waals surface area contributed by atoms with Gasteiger partial charge >= 0.3 is 0 Å². The molecule has 2 heterocycles. The molecule has 0 aliphatic carbocycles. The fourth-order valence-corrected chi connectivity index (χ4v) is 2.29. The van der Waals surface area contributed by atoms with Crippen LogP contribution >= 0.6 is 0 Å². The second kappa shape index (κ2) is 7.70. The first kappa shape index (κ1) is 16.1. The summed E-state index contributed by atoms with van der Waals surface area (Å²) in [6.45, 7) is 3.50. The van der Waals surface area contributed by atoms with Crippen LogP contribution < -0.4 is 5.32 Å². The van der Waals surface area contributed by atoms with E-state index in [2.05, 4.69) is 20.5 Å². The Kier molecular flexibility index (Phi) is 5.18. The summed E-state index contributed by atoms with van der Waals surface area (Å²) in [7, 11) is 1.69. The highest BCUT2D eigenvalue weighted by molar-refractivity contribution is 5.69. The number of ether oxygens (including phenoxy) is 1. The summed E-state index contributed by atoms with van der Waals surface area (Å²) >= 11 is 0. The number of nitrogens with one attached hydrogen (secondary N) is 1. The monoisotopic (exact) mass is 324 g/mol. The molecule has 0 saturated carbocycles. The van der Waals surface area contributed by atoms with Gasteiger partial charge in [-0.3, -0.25) is 0 Å². The smallest absolute Gasteiger partial charge is 0.251 e. The molecule has 2 aromatic heterocycles. The van der Waals surface area contributed by atoms with Gasteiger partial charge in [0, 0.05) is 32.0 Å². The van der Waals surface area contributed by atoms with Gasteiger partial charge in [-0.2, -0.15) is 0 Å². The summed E-state index contributed by atoms with van der Waals surface area (Å²) in [5.74, 6) is 1.68. The van der Waals surface area contributed by atoms with E-state index in [0.29, 0.717) is 18.4 Å². The van der Waals surface area contributed by atoms with Gasteiger partial charge in [-0.05, 0) is 37.6 Å². The third-order valence-corrected chi connectivity index (χ3v) is 3.58. The van der Waals surface area contributed by atoms with Crippen LogP contribution in [0, 0.1) is 6.92 Å². The molecular formula is C18H20N4O2. The molecule has 0 amide bonds. The summed E-state index contributed by atoms with van der Waals surface area (Å²) in [4.78, 5) is 4.37. The fraction of sp³-hybridized carbons (Fsp3) is 0.278. The van der Waals surface area contributed by atoms with Crippen molar-refractivity contribution in [2.24, 2.45) is 0 Å². The van der Waals surface area contributed by atoms with Gasteiger partial charge in [0.2, 0.25) is 5.89 Å². The Labute approximate surface area is 140 Å². The van der Waals surface area contributed by atoms with E-state index in [1.165, 1.54) is 5.56 Å². The average molecular weight is 324 g/mol. The van der Waals surface area contributed by atoms with Crippen LogP contribution in [0.1, 0.15) is 12.0 Å². The van der Waals surface area contributed by atoms with Crippen molar-refractivity contribution in [3.05, 3.63) is 48.2 Å². The Morgan fingerprint density at radius 3 is 2.67 bits per heavy atom. The third kappa shape index (κ3) is 3.78. The number of hydrogen-bond acceptors (Lipinski definition) is 6. The minimum atomic E-state index is 0.452. The SMILES string of the molecule is COCCCNc1ncccc1-c1nnc(-c2ccc(C)cc2)o1. The summed E-state index contributed by atoms with van der Waals surface area (Å²) < 4.78 is 10.9. The number of benzene rings is 1. The molecule has 0 radical (unpaired) electrons. The van der Waals surface area contributed by atoms with Gasteiger partial charge < -0.3 is 14.5 Å². The predicted octanol–water partition coefficient (Wildman–Crippen LogP) is 3.56. The van der Waals surface area contributed by atoms with Crippen molar-refractivity contribution in [1.29, 1.82) is 0 Å². The number of rotatable bonds is 7. The minimum absolute atomic E-state index is 0.452. The van der Waals surface area contributed by atoms with Crippen molar-refractivity contribution in [2.45, 2.75) is 13.3 Å². The van der Waals surface area contributed by atoms with E-state index in [-0.39, 0.29) is 0 Å². The van der Waals surface area contributed by atoms with E-state index < -0.39 is 0 Å². The number of pyridine rings is 1. The van der Waals surface area contributed by atoms with E-state index >= 15 is 0 Å². The molecule has 3 rings (SSSR count). The zero-order chi connectivity index (χ0) is 16.8. The maximum Gasteiger partial charge on any atom is 0.251 e. The topological polar surface area (TPSA) is 73.1 Å². The average Bonchev–Trinajstić information content (AvgIpc) is 3.10. The molecule has 0 spiro atoms. The molecule has 0 fully saturated rings. The lowest BCUT2D eigenvalue weighted by atomic mass is 10.1. The van der Waals surface area contributed by atoms with Crippen LogP contribution in [0.5, 0.6) is 0 Å². The van der Waals surface area contributed by atoms with Gasteiger partial charge in [0.15, 0.2) is 0 Å². The first-order valence-corrected chi connectivity index (χ1v) is 7.86. The van der Waals surface area contributed by atoms with Gasteiger partial charge in [-0.1, -0.05) is 17.7 Å². The van der Waals surface area contributed by atoms with Gasteiger partial charge in [0.1, 0.15) is 5.82 Å². The lowest BCUT2D eigenvalue weighted by molar-refractivity contribution is 0.198. The molecule has 24 heavy (non-hydrogen) atoms. The highest BCUT2D eigenvalue weighted by Gasteiger charge is 2.14. The Hall–Kier alpha value is -2.73. The fourth-order valence-electron chi connectivity index (χ4n) is 2.29. The maximum absolute atomic E-state index is 5.84. The van der Waals surface area contributed by atoms with Crippen LogP contribution in [0.25, 0.3) is 22.9 Å². The normalized spacial score (nSPS) is 10.8. The molecule has 0 unspecified atom stereocenters. The predicted molar refractivity (Wildman–Crippen MR) is 92.7 cm³/mol. The third-order valence-electron chi connectivity index (χ3n) is 3.58. The lowest BCUT2D eigenvalue weighted by Gasteiger charge is -2.07. The number of methoxy groups -OCH3 is 1. The van der Waals surface area contributed by atoms with Gasteiger partial charge in [-0.15, -0.1) is 10.2 Å². The first-order valence-electron chi connectivity index (χ1n) is 7.86. The quantitative estimate of drug-likeness (QED) is 0.670.